The summed E-state index contributed by atoms with van der Waals surface area (Å²) in [6, 6.07) is 7.46. The number of amides is 1. The molecular weight excluding hydrogens is 304 g/mol. The fourth-order valence-electron chi connectivity index (χ4n) is 2.71. The summed E-state index contributed by atoms with van der Waals surface area (Å²) in [5.74, 6) is 1.69. The monoisotopic (exact) mass is 326 g/mol. The van der Waals surface area contributed by atoms with Crippen LogP contribution in [-0.4, -0.2) is 29.0 Å². The molecule has 0 saturated carbocycles. The van der Waals surface area contributed by atoms with Crippen LogP contribution in [0, 0.1) is 19.3 Å². The van der Waals surface area contributed by atoms with Crippen molar-refractivity contribution < 1.29 is 14.3 Å². The number of fused-ring (bicyclic) bond motifs is 1. The molecule has 0 radical (unpaired) electrons. The van der Waals surface area contributed by atoms with Crippen LogP contribution in [0.25, 0.3) is 10.9 Å². The van der Waals surface area contributed by atoms with Crippen LogP contribution in [0.2, 0.25) is 0 Å². The van der Waals surface area contributed by atoms with Crippen LogP contribution in [0.15, 0.2) is 24.3 Å². The fraction of sp³-hybridized carbons (Fsp3) is 0.368. The lowest BCUT2D eigenvalue weighted by Gasteiger charge is -2.26. The molecular formula is C19H22N2O3. The van der Waals surface area contributed by atoms with Gasteiger partial charge in [0.15, 0.2) is 6.61 Å². The highest BCUT2D eigenvalue weighted by Gasteiger charge is 2.26. The van der Waals surface area contributed by atoms with Gasteiger partial charge in [0, 0.05) is 16.6 Å². The zero-order valence-electron chi connectivity index (χ0n) is 14.2. The van der Waals surface area contributed by atoms with Crippen LogP contribution in [0.3, 0.4) is 0 Å². The largest absolute Gasteiger partial charge is 0.452 e. The smallest absolute Gasteiger partial charge is 0.341 e. The Balaban J connectivity index is 2.06. The first-order valence-electron chi connectivity index (χ1n) is 7.99. The standard InChI is InChI=1S/C19H22N2O3/c1-5-19(6-2,7-3)21-16(22)12-24-18(23)17-13(4)20-15-11-9-8-10-14(15)17/h1,8-11,20H,6-7,12H2,2-4H3,(H,21,22). The van der Waals surface area contributed by atoms with Gasteiger partial charge >= 0.3 is 5.97 Å². The second kappa shape index (κ2) is 7.22. The predicted octanol–water partition coefficient (Wildman–Crippen LogP) is 2.94. The number of ether oxygens (including phenoxy) is 1. The normalized spacial score (nSPS) is 11.1. The summed E-state index contributed by atoms with van der Waals surface area (Å²) in [7, 11) is 0. The third-order valence-electron chi connectivity index (χ3n) is 4.29. The third kappa shape index (κ3) is 3.43. The number of benzene rings is 1. The molecule has 0 bridgehead atoms. The van der Waals surface area contributed by atoms with Gasteiger partial charge in [0.05, 0.1) is 5.56 Å². The van der Waals surface area contributed by atoms with Crippen LogP contribution < -0.4 is 5.32 Å². The number of hydrogen-bond donors (Lipinski definition) is 2. The molecule has 126 valence electrons. The van der Waals surface area contributed by atoms with E-state index >= 15 is 0 Å². The van der Waals surface area contributed by atoms with Gasteiger partial charge in [-0.25, -0.2) is 4.79 Å². The third-order valence-corrected chi connectivity index (χ3v) is 4.29. The van der Waals surface area contributed by atoms with Crippen LogP contribution in [0.1, 0.15) is 42.7 Å². The number of carbonyl (C=O) groups is 2. The Labute approximate surface area is 141 Å². The topological polar surface area (TPSA) is 71.2 Å². The van der Waals surface area contributed by atoms with Crippen LogP contribution in [-0.2, 0) is 9.53 Å². The zero-order chi connectivity index (χ0) is 17.7. The van der Waals surface area contributed by atoms with E-state index in [0.717, 1.165) is 10.9 Å². The second-order valence-electron chi connectivity index (χ2n) is 5.73. The molecule has 0 saturated heterocycles. The number of aromatic amines is 1. The van der Waals surface area contributed by atoms with E-state index in [1.807, 2.05) is 38.1 Å². The lowest BCUT2D eigenvalue weighted by molar-refractivity contribution is -0.125. The van der Waals surface area contributed by atoms with Crippen molar-refractivity contribution in [2.45, 2.75) is 39.2 Å². The lowest BCUT2D eigenvalue weighted by atomic mass is 9.94. The molecule has 2 rings (SSSR count). The van der Waals surface area contributed by atoms with Crippen molar-refractivity contribution in [3.8, 4) is 12.3 Å². The molecule has 0 aliphatic heterocycles. The highest BCUT2D eigenvalue weighted by molar-refractivity contribution is 6.06. The first-order valence-corrected chi connectivity index (χ1v) is 7.99. The fourth-order valence-corrected chi connectivity index (χ4v) is 2.71. The quantitative estimate of drug-likeness (QED) is 0.633. The van der Waals surface area contributed by atoms with Crippen molar-refractivity contribution in [2.75, 3.05) is 6.61 Å². The summed E-state index contributed by atoms with van der Waals surface area (Å²) in [6.07, 6.45) is 6.74. The van der Waals surface area contributed by atoms with Gasteiger partial charge < -0.3 is 15.0 Å². The number of H-pyrrole nitrogens is 1. The molecule has 24 heavy (non-hydrogen) atoms. The molecule has 1 aromatic heterocycles. The van der Waals surface area contributed by atoms with Gasteiger partial charge in [0.2, 0.25) is 0 Å². The van der Waals surface area contributed by atoms with E-state index in [1.54, 1.807) is 6.92 Å². The summed E-state index contributed by atoms with van der Waals surface area (Å²) < 4.78 is 5.18. The van der Waals surface area contributed by atoms with Crippen molar-refractivity contribution in [3.05, 3.63) is 35.5 Å². The van der Waals surface area contributed by atoms with Gasteiger partial charge in [-0.3, -0.25) is 4.79 Å². The Morgan fingerprint density at radius 1 is 1.29 bits per heavy atom. The van der Waals surface area contributed by atoms with Crippen LogP contribution in [0.5, 0.6) is 0 Å². The van der Waals surface area contributed by atoms with Crippen molar-refractivity contribution in [3.63, 3.8) is 0 Å². The Morgan fingerprint density at radius 3 is 2.58 bits per heavy atom. The van der Waals surface area contributed by atoms with Gasteiger partial charge in [0.25, 0.3) is 5.91 Å². The average molecular weight is 326 g/mol. The van der Waals surface area contributed by atoms with Gasteiger partial charge in [0.1, 0.15) is 5.54 Å². The number of terminal acetylenes is 1. The molecule has 1 aromatic carbocycles. The number of esters is 1. The number of nitrogens with one attached hydrogen (secondary N) is 2. The van der Waals surface area contributed by atoms with Gasteiger partial charge in [-0.15, -0.1) is 6.42 Å². The predicted molar refractivity (Wildman–Crippen MR) is 93.6 cm³/mol. The van der Waals surface area contributed by atoms with Crippen molar-refractivity contribution >= 4 is 22.8 Å². The molecule has 0 fully saturated rings. The molecule has 0 aliphatic carbocycles. The summed E-state index contributed by atoms with van der Waals surface area (Å²) in [6.45, 7) is 5.26. The maximum absolute atomic E-state index is 12.4. The molecule has 5 nitrogen and oxygen atoms in total. The molecule has 0 atom stereocenters. The first kappa shape index (κ1) is 17.6. The molecule has 2 aromatic rings. The molecule has 0 spiro atoms. The Bertz CT molecular complexity index is 795. The van der Waals surface area contributed by atoms with E-state index in [9.17, 15) is 9.59 Å². The molecule has 1 heterocycles. The minimum atomic E-state index is -0.694. The van der Waals surface area contributed by atoms with Gasteiger partial charge in [-0.2, -0.15) is 0 Å². The van der Waals surface area contributed by atoms with E-state index in [2.05, 4.69) is 16.2 Å². The molecule has 2 N–H and O–H groups in total. The van der Waals surface area contributed by atoms with Crippen molar-refractivity contribution in [1.82, 2.24) is 10.3 Å². The summed E-state index contributed by atoms with van der Waals surface area (Å²) in [4.78, 5) is 27.6. The number of aryl methyl sites for hydroxylation is 1. The maximum atomic E-state index is 12.4. The summed E-state index contributed by atoms with van der Waals surface area (Å²) >= 11 is 0. The number of rotatable bonds is 6. The summed E-state index contributed by atoms with van der Waals surface area (Å²) in [5.41, 5.74) is 1.32. The van der Waals surface area contributed by atoms with Crippen molar-refractivity contribution in [2.24, 2.45) is 0 Å². The SMILES string of the molecule is C#CC(CC)(CC)NC(=O)COC(=O)c1c(C)[nH]c2ccccc12. The summed E-state index contributed by atoms with van der Waals surface area (Å²) in [5, 5.41) is 3.55. The number of carbonyl (C=O) groups excluding carboxylic acids is 2. The molecule has 0 unspecified atom stereocenters. The number of hydrogen-bond acceptors (Lipinski definition) is 3. The number of para-hydroxylation sites is 1. The van der Waals surface area contributed by atoms with Gasteiger partial charge in [-0.1, -0.05) is 38.0 Å². The number of aromatic nitrogens is 1. The Hall–Kier alpha value is -2.74. The minimum Gasteiger partial charge on any atom is -0.452 e. The van der Waals surface area contributed by atoms with Gasteiger partial charge in [-0.05, 0) is 25.8 Å². The second-order valence-corrected chi connectivity index (χ2v) is 5.73. The van der Waals surface area contributed by atoms with E-state index in [0.29, 0.717) is 24.1 Å². The zero-order valence-corrected chi connectivity index (χ0v) is 14.2. The molecule has 5 heteroatoms. The lowest BCUT2D eigenvalue weighted by Crippen LogP contribution is -2.48. The maximum Gasteiger partial charge on any atom is 0.341 e. The average Bonchev–Trinajstić information content (AvgIpc) is 2.93. The Morgan fingerprint density at radius 2 is 1.96 bits per heavy atom. The highest BCUT2D eigenvalue weighted by atomic mass is 16.5. The van der Waals surface area contributed by atoms with E-state index in [1.165, 1.54) is 0 Å². The van der Waals surface area contributed by atoms with E-state index in [-0.39, 0.29) is 6.61 Å². The van der Waals surface area contributed by atoms with E-state index < -0.39 is 17.4 Å². The highest BCUT2D eigenvalue weighted by Crippen LogP contribution is 2.22. The Kier molecular flexibility index (Phi) is 5.30. The van der Waals surface area contributed by atoms with Crippen molar-refractivity contribution in [1.29, 1.82) is 0 Å². The molecule has 0 aliphatic rings. The molecule has 1 amide bonds. The van der Waals surface area contributed by atoms with Crippen LogP contribution >= 0.6 is 0 Å². The van der Waals surface area contributed by atoms with Crippen LogP contribution in [0.4, 0.5) is 0 Å². The van der Waals surface area contributed by atoms with E-state index in [4.69, 9.17) is 11.2 Å². The first-order chi connectivity index (χ1) is 11.5. The minimum absolute atomic E-state index is 0.360.